The van der Waals surface area contributed by atoms with Crippen LogP contribution in [0.3, 0.4) is 0 Å². The highest BCUT2D eigenvalue weighted by molar-refractivity contribution is 7.89. The number of benzene rings is 1. The van der Waals surface area contributed by atoms with Gasteiger partial charge in [0.05, 0.1) is 15.9 Å². The molecule has 0 saturated heterocycles. The fourth-order valence-corrected chi connectivity index (χ4v) is 3.28. The van der Waals surface area contributed by atoms with Crippen molar-refractivity contribution in [1.82, 2.24) is 13.9 Å². The molecule has 0 unspecified atom stereocenters. The lowest BCUT2D eigenvalue weighted by atomic mass is 10.3. The first kappa shape index (κ1) is 16.2. The lowest BCUT2D eigenvalue weighted by Gasteiger charge is -2.06. The van der Waals surface area contributed by atoms with E-state index in [1.165, 1.54) is 21.3 Å². The predicted octanol–water partition coefficient (Wildman–Crippen LogP) is 0.0201. The number of aryl methyl sites for hydroxylation is 2. The topological polar surface area (TPSA) is 110 Å². The Morgan fingerprint density at radius 2 is 1.86 bits per heavy atom. The Kier molecular flexibility index (Phi) is 4.38. The van der Waals surface area contributed by atoms with Gasteiger partial charge in [0.15, 0.2) is 0 Å². The molecule has 1 aromatic carbocycles. The molecule has 2 rings (SSSR count). The smallest absolute Gasteiger partial charge is 0.328 e. The fourth-order valence-electron chi connectivity index (χ4n) is 2.18. The first-order chi connectivity index (χ1) is 10.2. The highest BCUT2D eigenvalue weighted by atomic mass is 32.2. The van der Waals surface area contributed by atoms with Crippen LogP contribution in [-0.4, -0.2) is 35.2 Å². The largest absolute Gasteiger partial charge is 0.481 e. The van der Waals surface area contributed by atoms with E-state index in [4.69, 9.17) is 5.11 Å². The van der Waals surface area contributed by atoms with Gasteiger partial charge in [-0.3, -0.25) is 13.9 Å². The average Bonchev–Trinajstić information content (AvgIpc) is 2.68. The average molecular weight is 327 g/mol. The van der Waals surface area contributed by atoms with Crippen molar-refractivity contribution in [2.45, 2.75) is 17.7 Å². The number of nitrogens with one attached hydrogen (secondary N) is 1. The van der Waals surface area contributed by atoms with Crippen molar-refractivity contribution >= 4 is 27.0 Å². The number of imidazole rings is 1. The molecule has 2 N–H and O–H groups in total. The molecule has 22 heavy (non-hydrogen) atoms. The maximum absolute atomic E-state index is 12.2. The minimum Gasteiger partial charge on any atom is -0.481 e. The summed E-state index contributed by atoms with van der Waals surface area (Å²) in [5, 5.41) is 8.53. The molecule has 9 heteroatoms. The second-order valence-corrected chi connectivity index (χ2v) is 6.71. The summed E-state index contributed by atoms with van der Waals surface area (Å²) in [6, 6.07) is 4.42. The molecule has 0 saturated carbocycles. The van der Waals surface area contributed by atoms with Crippen LogP contribution in [0.2, 0.25) is 0 Å². The van der Waals surface area contributed by atoms with Crippen molar-refractivity contribution in [3.63, 3.8) is 0 Å². The van der Waals surface area contributed by atoms with Crippen molar-refractivity contribution in [3.05, 3.63) is 28.7 Å². The number of rotatable bonds is 6. The van der Waals surface area contributed by atoms with Crippen LogP contribution in [-0.2, 0) is 28.9 Å². The number of nitrogens with zero attached hydrogens (tertiary/aromatic N) is 2. The molecular formula is C13H17N3O5S. The first-order valence-electron chi connectivity index (χ1n) is 6.61. The van der Waals surface area contributed by atoms with Gasteiger partial charge in [-0.15, -0.1) is 0 Å². The molecule has 120 valence electrons. The summed E-state index contributed by atoms with van der Waals surface area (Å²) >= 11 is 0. The van der Waals surface area contributed by atoms with Gasteiger partial charge < -0.3 is 5.11 Å². The van der Waals surface area contributed by atoms with E-state index in [0.29, 0.717) is 11.0 Å². The Labute approximate surface area is 127 Å². The zero-order valence-corrected chi connectivity index (χ0v) is 13.1. The van der Waals surface area contributed by atoms with E-state index >= 15 is 0 Å². The first-order valence-corrected chi connectivity index (χ1v) is 8.09. The zero-order valence-electron chi connectivity index (χ0n) is 12.2. The highest BCUT2D eigenvalue weighted by Crippen LogP contribution is 2.17. The van der Waals surface area contributed by atoms with Gasteiger partial charge in [0, 0.05) is 27.1 Å². The molecule has 0 fully saturated rings. The summed E-state index contributed by atoms with van der Waals surface area (Å²) in [7, 11) is -0.553. The third kappa shape index (κ3) is 3.04. The summed E-state index contributed by atoms with van der Waals surface area (Å²) in [6.07, 6.45) is 0.107. The quantitative estimate of drug-likeness (QED) is 0.727. The van der Waals surface area contributed by atoms with E-state index in [1.807, 2.05) is 0 Å². The zero-order chi connectivity index (χ0) is 16.5. The maximum atomic E-state index is 12.2. The monoisotopic (exact) mass is 327 g/mol. The Hall–Kier alpha value is -2.13. The van der Waals surface area contributed by atoms with Gasteiger partial charge in [-0.2, -0.15) is 0 Å². The molecule has 0 aliphatic rings. The van der Waals surface area contributed by atoms with Gasteiger partial charge >= 0.3 is 11.7 Å². The van der Waals surface area contributed by atoms with Gasteiger partial charge in [-0.05, 0) is 24.6 Å². The molecule has 1 aromatic heterocycles. The molecular weight excluding hydrogens is 310 g/mol. The van der Waals surface area contributed by atoms with Crippen molar-refractivity contribution in [3.8, 4) is 0 Å². The van der Waals surface area contributed by atoms with Crippen LogP contribution in [0.4, 0.5) is 0 Å². The van der Waals surface area contributed by atoms with Crippen LogP contribution in [0.5, 0.6) is 0 Å². The van der Waals surface area contributed by atoms with E-state index in [1.54, 1.807) is 20.2 Å². The van der Waals surface area contributed by atoms with Gasteiger partial charge in [0.1, 0.15) is 0 Å². The van der Waals surface area contributed by atoms with Crippen molar-refractivity contribution in [2.75, 3.05) is 6.54 Å². The lowest BCUT2D eigenvalue weighted by Crippen LogP contribution is -2.25. The second-order valence-electron chi connectivity index (χ2n) is 4.95. The van der Waals surface area contributed by atoms with Crippen molar-refractivity contribution < 1.29 is 18.3 Å². The minimum atomic E-state index is -3.74. The fraction of sp³-hybridized carbons (Fsp3) is 0.385. The third-order valence-electron chi connectivity index (χ3n) is 3.41. The van der Waals surface area contributed by atoms with Gasteiger partial charge in [-0.25, -0.2) is 17.9 Å². The minimum absolute atomic E-state index is 0.0384. The lowest BCUT2D eigenvalue weighted by molar-refractivity contribution is -0.137. The molecule has 0 spiro atoms. The number of aliphatic carboxylic acids is 1. The van der Waals surface area contributed by atoms with E-state index < -0.39 is 16.0 Å². The van der Waals surface area contributed by atoms with Crippen LogP contribution >= 0.6 is 0 Å². The number of hydrogen-bond acceptors (Lipinski definition) is 4. The molecule has 2 aromatic rings. The van der Waals surface area contributed by atoms with E-state index in [9.17, 15) is 18.0 Å². The highest BCUT2D eigenvalue weighted by Gasteiger charge is 2.16. The van der Waals surface area contributed by atoms with Crippen LogP contribution < -0.4 is 10.4 Å². The molecule has 8 nitrogen and oxygen atoms in total. The van der Waals surface area contributed by atoms with Gasteiger partial charge in [0.25, 0.3) is 0 Å². The molecule has 0 atom stereocenters. The Morgan fingerprint density at radius 3 is 2.50 bits per heavy atom. The predicted molar refractivity (Wildman–Crippen MR) is 80.2 cm³/mol. The Bertz CT molecular complexity index is 879. The third-order valence-corrected chi connectivity index (χ3v) is 4.87. The van der Waals surface area contributed by atoms with Crippen LogP contribution in [0, 0.1) is 0 Å². The van der Waals surface area contributed by atoms with E-state index in [0.717, 1.165) is 0 Å². The molecule has 0 radical (unpaired) electrons. The molecule has 0 bridgehead atoms. The number of aromatic nitrogens is 2. The molecule has 0 aliphatic carbocycles. The number of carboxylic acids is 1. The second kappa shape index (κ2) is 5.93. The van der Waals surface area contributed by atoms with Crippen LogP contribution in [0.1, 0.15) is 12.8 Å². The normalized spacial score (nSPS) is 11.9. The SMILES string of the molecule is Cn1c(=O)n(C)c2cc(S(=O)(=O)NCCCC(=O)O)ccc21. The summed E-state index contributed by atoms with van der Waals surface area (Å²) in [4.78, 5) is 22.3. The summed E-state index contributed by atoms with van der Waals surface area (Å²) in [5.74, 6) is -0.972. The Morgan fingerprint density at radius 1 is 1.23 bits per heavy atom. The van der Waals surface area contributed by atoms with Crippen molar-refractivity contribution in [1.29, 1.82) is 0 Å². The van der Waals surface area contributed by atoms with Gasteiger partial charge in [0.2, 0.25) is 10.0 Å². The van der Waals surface area contributed by atoms with Crippen molar-refractivity contribution in [2.24, 2.45) is 14.1 Å². The number of fused-ring (bicyclic) bond motifs is 1. The number of hydrogen-bond donors (Lipinski definition) is 2. The molecule has 1 heterocycles. The van der Waals surface area contributed by atoms with E-state index in [-0.39, 0.29) is 30.0 Å². The number of carboxylic acid groups (broad SMARTS) is 1. The van der Waals surface area contributed by atoms with Gasteiger partial charge in [-0.1, -0.05) is 0 Å². The Balaban J connectivity index is 2.28. The maximum Gasteiger partial charge on any atom is 0.328 e. The van der Waals surface area contributed by atoms with E-state index in [2.05, 4.69) is 4.72 Å². The van der Waals surface area contributed by atoms with Crippen LogP contribution in [0.15, 0.2) is 27.9 Å². The standard InChI is InChI=1S/C13H17N3O5S/c1-15-10-6-5-9(8-11(10)16(2)13(15)19)22(20,21)14-7-3-4-12(17)18/h5-6,8,14H,3-4,7H2,1-2H3,(H,17,18). The number of carbonyl (C=O) groups is 1. The summed E-state index contributed by atoms with van der Waals surface area (Å²) in [5.41, 5.74) is 0.914. The number of sulfonamides is 1. The molecule has 0 amide bonds. The van der Waals surface area contributed by atoms with Crippen LogP contribution in [0.25, 0.3) is 11.0 Å². The molecule has 0 aliphatic heterocycles. The summed E-state index contributed by atoms with van der Waals surface area (Å²) < 4.78 is 29.5. The summed E-state index contributed by atoms with van der Waals surface area (Å²) in [6.45, 7) is 0.0421.